The number of rotatable bonds is 7. The van der Waals surface area contributed by atoms with Gasteiger partial charge in [-0.1, -0.05) is 18.5 Å². The van der Waals surface area contributed by atoms with Gasteiger partial charge in [-0.25, -0.2) is 0 Å². The fraction of sp³-hybridized carbons (Fsp3) is 0.294. The van der Waals surface area contributed by atoms with Crippen LogP contribution >= 0.6 is 24.0 Å². The third-order valence-corrected chi connectivity index (χ3v) is 3.65. The van der Waals surface area contributed by atoms with Crippen molar-refractivity contribution < 1.29 is 14.0 Å². The highest BCUT2D eigenvalue weighted by atomic mass is 35.5. The van der Waals surface area contributed by atoms with Gasteiger partial charge in [0.25, 0.3) is 11.8 Å². The van der Waals surface area contributed by atoms with Crippen LogP contribution < -0.4 is 16.0 Å². The van der Waals surface area contributed by atoms with Crippen LogP contribution in [-0.2, 0) is 0 Å². The summed E-state index contributed by atoms with van der Waals surface area (Å²) in [4.78, 5) is 24.6. The Balaban J connectivity index is 0.00000312. The number of nitrogens with one attached hydrogen (secondary N) is 3. The average molecular weight is 386 g/mol. The van der Waals surface area contributed by atoms with Gasteiger partial charge in [0.1, 0.15) is 5.76 Å². The third-order valence-electron chi connectivity index (χ3n) is 3.42. The monoisotopic (exact) mass is 385 g/mol. The van der Waals surface area contributed by atoms with Crippen molar-refractivity contribution in [2.24, 2.45) is 0 Å². The molecule has 136 valence electrons. The number of halogens is 2. The Bertz CT molecular complexity index is 732. The minimum atomic E-state index is -0.356. The second-order valence-electron chi connectivity index (χ2n) is 5.14. The van der Waals surface area contributed by atoms with E-state index in [-0.39, 0.29) is 24.2 Å². The molecule has 0 spiro atoms. The lowest BCUT2D eigenvalue weighted by atomic mass is 10.1. The molecule has 0 saturated carbocycles. The van der Waals surface area contributed by atoms with Crippen molar-refractivity contribution in [2.75, 3.05) is 25.0 Å². The summed E-state index contributed by atoms with van der Waals surface area (Å²) < 4.78 is 5.13. The average Bonchev–Trinajstić information content (AvgIpc) is 2.97. The summed E-state index contributed by atoms with van der Waals surface area (Å²) >= 11 is 6.00. The van der Waals surface area contributed by atoms with Crippen molar-refractivity contribution in [3.8, 4) is 0 Å². The first-order chi connectivity index (χ1) is 11.5. The largest absolute Gasteiger partial charge is 0.469 e. The summed E-state index contributed by atoms with van der Waals surface area (Å²) in [6.45, 7) is 5.69. The van der Waals surface area contributed by atoms with E-state index in [2.05, 4.69) is 16.0 Å². The molecule has 0 atom stereocenters. The predicted octanol–water partition coefficient (Wildman–Crippen LogP) is 3.25. The quantitative estimate of drug-likeness (QED) is 0.638. The topological polar surface area (TPSA) is 83.4 Å². The lowest BCUT2D eigenvalue weighted by molar-refractivity contribution is 0.0955. The number of anilines is 1. The molecule has 0 radical (unpaired) electrons. The molecule has 8 heteroatoms. The van der Waals surface area contributed by atoms with E-state index in [1.165, 1.54) is 6.26 Å². The molecular formula is C17H21Cl2N3O3. The fourth-order valence-corrected chi connectivity index (χ4v) is 2.34. The van der Waals surface area contributed by atoms with Crippen LogP contribution in [0.15, 0.2) is 34.9 Å². The van der Waals surface area contributed by atoms with Crippen molar-refractivity contribution in [1.29, 1.82) is 0 Å². The highest BCUT2D eigenvalue weighted by Gasteiger charge is 2.17. The van der Waals surface area contributed by atoms with Crippen LogP contribution in [0.4, 0.5) is 5.69 Å². The molecule has 0 aliphatic heterocycles. The summed E-state index contributed by atoms with van der Waals surface area (Å²) in [6.07, 6.45) is 1.44. The molecule has 6 nitrogen and oxygen atoms in total. The maximum Gasteiger partial charge on any atom is 0.259 e. The van der Waals surface area contributed by atoms with E-state index in [0.29, 0.717) is 40.7 Å². The molecule has 3 N–H and O–H groups in total. The summed E-state index contributed by atoms with van der Waals surface area (Å²) in [7, 11) is 0. The summed E-state index contributed by atoms with van der Waals surface area (Å²) in [5.74, 6) is -0.125. The van der Waals surface area contributed by atoms with E-state index >= 15 is 0 Å². The molecule has 25 heavy (non-hydrogen) atoms. The zero-order chi connectivity index (χ0) is 17.5. The van der Waals surface area contributed by atoms with E-state index in [4.69, 9.17) is 16.0 Å². The van der Waals surface area contributed by atoms with E-state index in [1.807, 2.05) is 6.92 Å². The van der Waals surface area contributed by atoms with Gasteiger partial charge in [0.15, 0.2) is 0 Å². The number of aryl methyl sites for hydroxylation is 1. The summed E-state index contributed by atoms with van der Waals surface area (Å²) in [6, 6.07) is 6.32. The van der Waals surface area contributed by atoms with Gasteiger partial charge >= 0.3 is 0 Å². The number of carbonyl (C=O) groups is 2. The Morgan fingerprint density at radius 2 is 1.88 bits per heavy atom. The molecule has 2 aromatic rings. The lowest BCUT2D eigenvalue weighted by Crippen LogP contribution is -2.32. The SMILES string of the molecule is CCNCCNC(=O)c1ccc(Cl)cc1NC(=O)c1ccoc1C.Cl. The first kappa shape index (κ1) is 21.0. The predicted molar refractivity (Wildman–Crippen MR) is 101 cm³/mol. The van der Waals surface area contributed by atoms with Gasteiger partial charge in [-0.05, 0) is 37.7 Å². The van der Waals surface area contributed by atoms with E-state index in [1.54, 1.807) is 31.2 Å². The van der Waals surface area contributed by atoms with Gasteiger partial charge in [0, 0.05) is 18.1 Å². The molecule has 0 unspecified atom stereocenters. The molecule has 0 fully saturated rings. The standard InChI is InChI=1S/C17H20ClN3O3.ClH/c1-3-19-7-8-20-16(22)14-5-4-12(18)10-15(14)21-17(23)13-6-9-24-11(13)2;/h4-6,9-10,19H,3,7-8H2,1-2H3,(H,20,22)(H,21,23);1H. The number of benzene rings is 1. The van der Waals surface area contributed by atoms with Crippen molar-refractivity contribution in [3.05, 3.63) is 52.4 Å². The molecule has 0 saturated heterocycles. The Labute approximate surface area is 157 Å². The number of amides is 2. The number of likely N-dealkylation sites (N-methyl/N-ethyl adjacent to an activating group) is 1. The molecule has 0 aliphatic carbocycles. The van der Waals surface area contributed by atoms with Crippen LogP contribution in [0, 0.1) is 6.92 Å². The van der Waals surface area contributed by atoms with Gasteiger partial charge in [0.2, 0.25) is 0 Å². The molecule has 1 aromatic carbocycles. The summed E-state index contributed by atoms with van der Waals surface area (Å²) in [5, 5.41) is 9.06. The minimum Gasteiger partial charge on any atom is -0.469 e. The van der Waals surface area contributed by atoms with Crippen LogP contribution in [-0.4, -0.2) is 31.4 Å². The van der Waals surface area contributed by atoms with Crippen molar-refractivity contribution in [2.45, 2.75) is 13.8 Å². The lowest BCUT2D eigenvalue weighted by Gasteiger charge is -2.12. The normalized spacial score (nSPS) is 10.0. The van der Waals surface area contributed by atoms with Crippen LogP contribution in [0.5, 0.6) is 0 Å². The first-order valence-corrected chi connectivity index (χ1v) is 8.04. The smallest absolute Gasteiger partial charge is 0.259 e. The van der Waals surface area contributed by atoms with Gasteiger partial charge in [0.05, 0.1) is 23.1 Å². The Morgan fingerprint density at radius 3 is 2.52 bits per heavy atom. The maximum atomic E-state index is 12.3. The van der Waals surface area contributed by atoms with Gasteiger partial charge in [-0.15, -0.1) is 12.4 Å². The second kappa shape index (κ2) is 10.1. The van der Waals surface area contributed by atoms with E-state index in [9.17, 15) is 9.59 Å². The minimum absolute atomic E-state index is 0. The summed E-state index contributed by atoms with van der Waals surface area (Å²) in [5.41, 5.74) is 1.12. The Morgan fingerprint density at radius 1 is 1.12 bits per heavy atom. The number of hydrogen-bond donors (Lipinski definition) is 3. The van der Waals surface area contributed by atoms with Crippen LogP contribution in [0.25, 0.3) is 0 Å². The molecule has 2 rings (SSSR count). The van der Waals surface area contributed by atoms with E-state index < -0.39 is 0 Å². The zero-order valence-corrected chi connectivity index (χ0v) is 15.6. The van der Waals surface area contributed by atoms with Gasteiger partial charge in [-0.2, -0.15) is 0 Å². The van der Waals surface area contributed by atoms with Gasteiger partial charge < -0.3 is 20.4 Å². The fourth-order valence-electron chi connectivity index (χ4n) is 2.16. The molecule has 0 bridgehead atoms. The maximum absolute atomic E-state index is 12.3. The van der Waals surface area contributed by atoms with Crippen LogP contribution in [0.1, 0.15) is 33.4 Å². The van der Waals surface area contributed by atoms with Crippen molar-refractivity contribution in [1.82, 2.24) is 10.6 Å². The Kier molecular flexibility index (Phi) is 8.48. The van der Waals surface area contributed by atoms with Gasteiger partial charge in [-0.3, -0.25) is 9.59 Å². The van der Waals surface area contributed by atoms with E-state index in [0.717, 1.165) is 6.54 Å². The number of furan rings is 1. The highest BCUT2D eigenvalue weighted by molar-refractivity contribution is 6.31. The molecule has 0 aliphatic rings. The van der Waals surface area contributed by atoms with Crippen molar-refractivity contribution in [3.63, 3.8) is 0 Å². The van der Waals surface area contributed by atoms with Crippen molar-refractivity contribution >= 4 is 41.5 Å². The highest BCUT2D eigenvalue weighted by Crippen LogP contribution is 2.22. The molecule has 1 heterocycles. The second-order valence-corrected chi connectivity index (χ2v) is 5.58. The zero-order valence-electron chi connectivity index (χ0n) is 14.0. The molecular weight excluding hydrogens is 365 g/mol. The van der Waals surface area contributed by atoms with Crippen LogP contribution in [0.3, 0.4) is 0 Å². The number of hydrogen-bond acceptors (Lipinski definition) is 4. The van der Waals surface area contributed by atoms with Crippen LogP contribution in [0.2, 0.25) is 5.02 Å². The first-order valence-electron chi connectivity index (χ1n) is 7.66. The Hall–Kier alpha value is -2.02. The number of carbonyl (C=O) groups excluding carboxylic acids is 2. The third kappa shape index (κ3) is 5.77. The molecule has 2 amide bonds. The molecule has 1 aromatic heterocycles.